The third-order valence-corrected chi connectivity index (χ3v) is 8.18. The first-order valence-electron chi connectivity index (χ1n) is 13.0. The first-order valence-corrected chi connectivity index (χ1v) is 13.0. The van der Waals surface area contributed by atoms with Crippen LogP contribution in [0.15, 0.2) is 60.9 Å². The van der Waals surface area contributed by atoms with Crippen LogP contribution in [0.5, 0.6) is 0 Å². The molecule has 1 aliphatic carbocycles. The second-order valence-corrected chi connectivity index (χ2v) is 10.4. The van der Waals surface area contributed by atoms with Crippen molar-refractivity contribution in [1.82, 2.24) is 14.7 Å². The van der Waals surface area contributed by atoms with Crippen LogP contribution in [0.3, 0.4) is 0 Å². The van der Waals surface area contributed by atoms with Gasteiger partial charge in [-0.2, -0.15) is 5.10 Å². The first-order chi connectivity index (χ1) is 17.1. The van der Waals surface area contributed by atoms with Crippen molar-refractivity contribution in [2.75, 3.05) is 6.61 Å². The normalized spacial score (nSPS) is 25.3. The molecule has 3 heterocycles. The van der Waals surface area contributed by atoms with Crippen molar-refractivity contribution in [1.29, 1.82) is 0 Å². The van der Waals surface area contributed by atoms with Crippen LogP contribution in [-0.2, 0) is 16.9 Å². The molecular formula is C29H33N3O3. The summed E-state index contributed by atoms with van der Waals surface area (Å²) < 4.78 is 7.92. The van der Waals surface area contributed by atoms with E-state index in [1.165, 1.54) is 22.3 Å². The van der Waals surface area contributed by atoms with Gasteiger partial charge in [0.15, 0.2) is 0 Å². The third-order valence-electron chi connectivity index (χ3n) is 8.18. The summed E-state index contributed by atoms with van der Waals surface area (Å²) in [5.74, 6) is 0.0531. The van der Waals surface area contributed by atoms with Gasteiger partial charge >= 0.3 is 6.09 Å². The van der Waals surface area contributed by atoms with Crippen molar-refractivity contribution >= 4 is 6.09 Å². The van der Waals surface area contributed by atoms with Crippen LogP contribution in [0.2, 0.25) is 0 Å². The molecule has 2 aromatic carbocycles. The maximum absolute atomic E-state index is 13.4. The lowest BCUT2D eigenvalue weighted by atomic mass is 9.73. The van der Waals surface area contributed by atoms with Crippen LogP contribution in [0.25, 0.3) is 11.1 Å². The molecule has 0 radical (unpaired) electrons. The fourth-order valence-electron chi connectivity index (χ4n) is 6.59. The highest BCUT2D eigenvalue weighted by molar-refractivity contribution is 5.79. The van der Waals surface area contributed by atoms with E-state index in [2.05, 4.69) is 60.6 Å². The fourth-order valence-corrected chi connectivity index (χ4v) is 6.59. The molecule has 35 heavy (non-hydrogen) atoms. The minimum Gasteiger partial charge on any atom is -0.448 e. The minimum absolute atomic E-state index is 0.0160. The smallest absolute Gasteiger partial charge is 0.410 e. The lowest BCUT2D eigenvalue weighted by Crippen LogP contribution is -2.59. The number of rotatable bonds is 5. The highest BCUT2D eigenvalue weighted by atomic mass is 16.6. The molecule has 2 fully saturated rings. The maximum atomic E-state index is 13.4. The molecule has 182 valence electrons. The van der Waals surface area contributed by atoms with E-state index in [4.69, 9.17) is 4.74 Å². The fraction of sp³-hybridized carbons (Fsp3) is 0.448. The summed E-state index contributed by atoms with van der Waals surface area (Å²) in [4.78, 5) is 15.4. The highest BCUT2D eigenvalue weighted by Crippen LogP contribution is 2.46. The zero-order valence-electron chi connectivity index (χ0n) is 20.3. The second kappa shape index (κ2) is 8.83. The average Bonchev–Trinajstić information content (AvgIpc) is 3.46. The van der Waals surface area contributed by atoms with Gasteiger partial charge in [-0.1, -0.05) is 55.5 Å². The third kappa shape index (κ3) is 3.84. The number of aryl methyl sites for hydroxylation is 1. The molecule has 2 aliphatic heterocycles. The van der Waals surface area contributed by atoms with Crippen LogP contribution in [-0.4, -0.2) is 44.6 Å². The Labute approximate surface area is 206 Å². The summed E-state index contributed by atoms with van der Waals surface area (Å²) in [6.45, 7) is 3.29. The van der Waals surface area contributed by atoms with E-state index in [1.807, 2.05) is 15.8 Å². The number of carbonyl (C=O) groups excluding carboxylic acids is 1. The molecule has 6 rings (SSSR count). The first kappa shape index (κ1) is 22.4. The Balaban J connectivity index is 1.18. The summed E-state index contributed by atoms with van der Waals surface area (Å²) in [6.07, 6.45) is 8.46. The van der Waals surface area contributed by atoms with Crippen LogP contribution in [0, 0.1) is 0 Å². The van der Waals surface area contributed by atoms with E-state index in [1.54, 1.807) is 6.20 Å². The van der Waals surface area contributed by atoms with E-state index in [-0.39, 0.29) is 24.1 Å². The van der Waals surface area contributed by atoms with Gasteiger partial charge in [0.2, 0.25) is 0 Å². The molecule has 3 aliphatic rings. The van der Waals surface area contributed by atoms with E-state index >= 15 is 0 Å². The van der Waals surface area contributed by atoms with Gasteiger partial charge in [-0.3, -0.25) is 4.68 Å². The number of nitrogens with zero attached hydrogens (tertiary/aromatic N) is 3. The van der Waals surface area contributed by atoms with Crippen LogP contribution >= 0.6 is 0 Å². The largest absolute Gasteiger partial charge is 0.448 e. The van der Waals surface area contributed by atoms with Crippen molar-refractivity contribution < 1.29 is 14.6 Å². The van der Waals surface area contributed by atoms with Gasteiger partial charge in [-0.15, -0.1) is 0 Å². The Morgan fingerprint density at radius 1 is 1.06 bits per heavy atom. The Morgan fingerprint density at radius 2 is 1.69 bits per heavy atom. The van der Waals surface area contributed by atoms with Crippen LogP contribution in [0.4, 0.5) is 4.79 Å². The molecule has 1 N–H and O–H groups in total. The lowest BCUT2D eigenvalue weighted by molar-refractivity contribution is -0.0891. The van der Waals surface area contributed by atoms with Crippen molar-refractivity contribution in [3.05, 3.63) is 77.6 Å². The number of ether oxygens (including phenoxy) is 1. The highest BCUT2D eigenvalue weighted by Gasteiger charge is 2.49. The molecule has 6 heteroatoms. The number of aromatic nitrogens is 2. The average molecular weight is 472 g/mol. The zero-order valence-corrected chi connectivity index (χ0v) is 20.3. The Hall–Kier alpha value is -3.12. The second-order valence-electron chi connectivity index (χ2n) is 10.4. The van der Waals surface area contributed by atoms with E-state index in [0.717, 1.165) is 37.8 Å². The lowest BCUT2D eigenvalue weighted by Gasteiger charge is -2.51. The van der Waals surface area contributed by atoms with E-state index in [9.17, 15) is 9.90 Å². The van der Waals surface area contributed by atoms with E-state index in [0.29, 0.717) is 19.4 Å². The Bertz CT molecular complexity index is 1180. The maximum Gasteiger partial charge on any atom is 0.410 e. The minimum atomic E-state index is -0.943. The number of fused-ring (bicyclic) bond motifs is 5. The van der Waals surface area contributed by atoms with E-state index < -0.39 is 5.60 Å². The molecular weight excluding hydrogens is 438 g/mol. The summed E-state index contributed by atoms with van der Waals surface area (Å²) in [5, 5.41) is 16.1. The number of benzene rings is 2. The van der Waals surface area contributed by atoms with Gasteiger partial charge in [0.25, 0.3) is 0 Å². The topological polar surface area (TPSA) is 67.6 Å². The summed E-state index contributed by atoms with van der Waals surface area (Å²) >= 11 is 0. The van der Waals surface area contributed by atoms with Gasteiger partial charge < -0.3 is 14.7 Å². The molecule has 2 atom stereocenters. The van der Waals surface area contributed by atoms with Crippen molar-refractivity contribution in [3.8, 4) is 11.1 Å². The van der Waals surface area contributed by atoms with Crippen molar-refractivity contribution in [3.63, 3.8) is 0 Å². The summed E-state index contributed by atoms with van der Waals surface area (Å²) in [6, 6.07) is 16.8. The molecule has 2 saturated heterocycles. The molecule has 0 spiro atoms. The van der Waals surface area contributed by atoms with Gasteiger partial charge in [0.05, 0.1) is 11.8 Å². The standard InChI is InChI=1S/C29H33N3O3/c1-2-14-31-18-20(17-30-31)29(34)15-21-8-7-9-22(16-29)32(21)28(33)35-19-27-25-12-5-3-10-23(25)24-11-4-6-13-26(24)27/h3-6,10-13,17-18,21-22,27,34H,2,7-9,14-16,19H2,1H3. The predicted octanol–water partition coefficient (Wildman–Crippen LogP) is 5.45. The SMILES string of the molecule is CCCn1cc(C2(O)CC3CCCC(C2)N3C(=O)OCC2c3ccccc3-c3ccccc32)cn1. The Kier molecular flexibility index (Phi) is 5.64. The van der Waals surface area contributed by atoms with Gasteiger partial charge in [0, 0.05) is 49.1 Å². The molecule has 1 amide bonds. The van der Waals surface area contributed by atoms with Crippen molar-refractivity contribution in [2.45, 2.75) is 75.6 Å². The molecule has 6 nitrogen and oxygen atoms in total. The molecule has 1 aromatic heterocycles. The van der Waals surface area contributed by atoms with Crippen LogP contribution < -0.4 is 0 Å². The zero-order chi connectivity index (χ0) is 24.0. The number of aliphatic hydroxyl groups is 1. The number of carbonyl (C=O) groups is 1. The van der Waals surface area contributed by atoms with Gasteiger partial charge in [0.1, 0.15) is 6.61 Å². The molecule has 0 saturated carbocycles. The van der Waals surface area contributed by atoms with Gasteiger partial charge in [-0.05, 0) is 47.9 Å². The number of hydrogen-bond acceptors (Lipinski definition) is 4. The predicted molar refractivity (Wildman–Crippen MR) is 134 cm³/mol. The Morgan fingerprint density at radius 3 is 2.31 bits per heavy atom. The number of piperidine rings is 2. The molecule has 2 bridgehead atoms. The monoisotopic (exact) mass is 471 g/mol. The molecule has 3 aromatic rings. The number of hydrogen-bond donors (Lipinski definition) is 1. The summed E-state index contributed by atoms with van der Waals surface area (Å²) in [5.41, 5.74) is 4.83. The van der Waals surface area contributed by atoms with Crippen LogP contribution in [0.1, 0.15) is 68.1 Å². The molecule has 2 unspecified atom stereocenters. The quantitative estimate of drug-likeness (QED) is 0.538. The van der Waals surface area contributed by atoms with Gasteiger partial charge in [-0.25, -0.2) is 4.79 Å². The number of amides is 1. The summed E-state index contributed by atoms with van der Waals surface area (Å²) in [7, 11) is 0. The van der Waals surface area contributed by atoms with Crippen molar-refractivity contribution in [2.24, 2.45) is 0 Å².